The van der Waals surface area contributed by atoms with E-state index in [1.165, 1.54) is 6.20 Å². The minimum atomic E-state index is -3.43. The summed E-state index contributed by atoms with van der Waals surface area (Å²) in [7, 11) is -3.43. The molecule has 1 heterocycles. The minimum absolute atomic E-state index is 0.146. The van der Waals surface area contributed by atoms with Crippen LogP contribution in [-0.4, -0.2) is 19.9 Å². The van der Waals surface area contributed by atoms with E-state index in [2.05, 4.69) is 9.71 Å². The first-order chi connectivity index (χ1) is 7.06. The second-order valence-electron chi connectivity index (χ2n) is 2.69. The van der Waals surface area contributed by atoms with E-state index in [0.29, 0.717) is 13.0 Å². The Labute approximate surface area is 98.0 Å². The van der Waals surface area contributed by atoms with E-state index in [9.17, 15) is 8.42 Å². The van der Waals surface area contributed by atoms with Gasteiger partial charge < -0.3 is 0 Å². The van der Waals surface area contributed by atoms with Crippen LogP contribution in [-0.2, 0) is 10.0 Å². The SMILES string of the molecule is C/C=C/CCNS(=O)(=O)c1cnc(Cl)s1. The molecule has 15 heavy (non-hydrogen) atoms. The number of hydrogen-bond donors (Lipinski definition) is 1. The number of thiazole rings is 1. The molecule has 0 amide bonds. The highest BCUT2D eigenvalue weighted by Gasteiger charge is 2.16. The Kier molecular flexibility index (Phi) is 4.72. The molecule has 0 saturated heterocycles. The van der Waals surface area contributed by atoms with E-state index < -0.39 is 10.0 Å². The quantitative estimate of drug-likeness (QED) is 0.655. The summed E-state index contributed by atoms with van der Waals surface area (Å²) in [4.78, 5) is 3.68. The van der Waals surface area contributed by atoms with Crippen molar-refractivity contribution in [3.05, 3.63) is 22.8 Å². The van der Waals surface area contributed by atoms with Crippen LogP contribution in [0.1, 0.15) is 13.3 Å². The van der Waals surface area contributed by atoms with Crippen LogP contribution >= 0.6 is 22.9 Å². The molecular formula is C8H11ClN2O2S2. The van der Waals surface area contributed by atoms with Crippen LogP contribution in [0.15, 0.2) is 22.6 Å². The van der Waals surface area contributed by atoms with Crippen molar-refractivity contribution in [2.24, 2.45) is 0 Å². The van der Waals surface area contributed by atoms with Crippen LogP contribution in [0.4, 0.5) is 0 Å². The van der Waals surface area contributed by atoms with Gasteiger partial charge in [0.2, 0.25) is 0 Å². The van der Waals surface area contributed by atoms with Gasteiger partial charge in [-0.25, -0.2) is 18.1 Å². The van der Waals surface area contributed by atoms with Crippen LogP contribution in [0.25, 0.3) is 0 Å². The van der Waals surface area contributed by atoms with Crippen molar-refractivity contribution in [2.45, 2.75) is 17.6 Å². The zero-order valence-electron chi connectivity index (χ0n) is 8.10. The molecule has 0 atom stereocenters. The number of nitrogens with one attached hydrogen (secondary N) is 1. The number of rotatable bonds is 5. The molecule has 0 fully saturated rings. The highest BCUT2D eigenvalue weighted by molar-refractivity contribution is 7.91. The van der Waals surface area contributed by atoms with Crippen LogP contribution in [0.2, 0.25) is 4.47 Å². The van der Waals surface area contributed by atoms with Gasteiger partial charge in [0.25, 0.3) is 10.0 Å². The van der Waals surface area contributed by atoms with Gasteiger partial charge in [0, 0.05) is 6.54 Å². The first-order valence-electron chi connectivity index (χ1n) is 4.28. The lowest BCUT2D eigenvalue weighted by Gasteiger charge is -2.01. The third-order valence-electron chi connectivity index (χ3n) is 1.56. The maximum absolute atomic E-state index is 11.6. The molecule has 0 radical (unpaired) electrons. The maximum atomic E-state index is 11.6. The first kappa shape index (κ1) is 12.6. The molecule has 0 saturated carbocycles. The van der Waals surface area contributed by atoms with Gasteiger partial charge in [-0.1, -0.05) is 35.1 Å². The highest BCUT2D eigenvalue weighted by atomic mass is 35.5. The summed E-state index contributed by atoms with van der Waals surface area (Å²) < 4.78 is 26.0. The van der Waals surface area contributed by atoms with E-state index in [1.54, 1.807) is 0 Å². The normalized spacial score (nSPS) is 12.4. The fraction of sp³-hybridized carbons (Fsp3) is 0.375. The predicted molar refractivity (Wildman–Crippen MR) is 61.7 cm³/mol. The molecule has 0 aliphatic heterocycles. The summed E-state index contributed by atoms with van der Waals surface area (Å²) in [5.74, 6) is 0. The van der Waals surface area contributed by atoms with Crippen LogP contribution in [0.3, 0.4) is 0 Å². The van der Waals surface area contributed by atoms with Crippen molar-refractivity contribution < 1.29 is 8.42 Å². The summed E-state index contributed by atoms with van der Waals surface area (Å²) in [6, 6.07) is 0. The Balaban J connectivity index is 2.60. The molecule has 0 aromatic carbocycles. The largest absolute Gasteiger partial charge is 0.251 e. The lowest BCUT2D eigenvalue weighted by Crippen LogP contribution is -2.23. The summed E-state index contributed by atoms with van der Waals surface area (Å²) in [5.41, 5.74) is 0. The van der Waals surface area contributed by atoms with Gasteiger partial charge >= 0.3 is 0 Å². The third kappa shape index (κ3) is 3.90. The molecule has 1 N–H and O–H groups in total. The summed E-state index contributed by atoms with van der Waals surface area (Å²) in [5, 5.41) is 0. The summed E-state index contributed by atoms with van der Waals surface area (Å²) >= 11 is 6.50. The highest BCUT2D eigenvalue weighted by Crippen LogP contribution is 2.21. The molecule has 4 nitrogen and oxygen atoms in total. The zero-order chi connectivity index (χ0) is 11.3. The summed E-state index contributed by atoms with van der Waals surface area (Å²) in [6.45, 7) is 2.26. The number of sulfonamides is 1. The Hall–Kier alpha value is -0.430. The fourth-order valence-corrected chi connectivity index (χ4v) is 3.26. The fourth-order valence-electron chi connectivity index (χ4n) is 0.878. The lowest BCUT2D eigenvalue weighted by atomic mass is 10.4. The van der Waals surface area contributed by atoms with Crippen molar-refractivity contribution in [3.63, 3.8) is 0 Å². The molecule has 0 aliphatic rings. The minimum Gasteiger partial charge on any atom is -0.232 e. The van der Waals surface area contributed by atoms with Crippen LogP contribution in [0.5, 0.6) is 0 Å². The average Bonchev–Trinajstić information content (AvgIpc) is 2.60. The Morgan fingerprint density at radius 3 is 2.93 bits per heavy atom. The molecule has 0 aliphatic carbocycles. The van der Waals surface area contributed by atoms with Crippen molar-refractivity contribution in [3.8, 4) is 0 Å². The number of nitrogens with zero attached hydrogens (tertiary/aromatic N) is 1. The monoisotopic (exact) mass is 266 g/mol. The second-order valence-corrected chi connectivity index (χ2v) is 6.29. The zero-order valence-corrected chi connectivity index (χ0v) is 10.5. The molecule has 0 unspecified atom stereocenters. The molecule has 7 heteroatoms. The summed E-state index contributed by atoms with van der Waals surface area (Å²) in [6.07, 6.45) is 5.69. The van der Waals surface area contributed by atoms with Crippen molar-refractivity contribution in [1.29, 1.82) is 0 Å². The average molecular weight is 267 g/mol. The van der Waals surface area contributed by atoms with Gasteiger partial charge in [0.1, 0.15) is 0 Å². The first-order valence-corrected chi connectivity index (χ1v) is 6.96. The van der Waals surface area contributed by atoms with Crippen LogP contribution in [0, 0.1) is 0 Å². The molecule has 1 aromatic rings. The van der Waals surface area contributed by atoms with Crippen LogP contribution < -0.4 is 4.72 Å². The van der Waals surface area contributed by atoms with Crippen molar-refractivity contribution in [2.75, 3.05) is 6.54 Å². The van der Waals surface area contributed by atoms with Gasteiger partial charge in [0.15, 0.2) is 8.68 Å². The van der Waals surface area contributed by atoms with Gasteiger partial charge in [-0.05, 0) is 13.3 Å². The van der Waals surface area contributed by atoms with Gasteiger partial charge in [0.05, 0.1) is 6.20 Å². The second kappa shape index (κ2) is 5.60. The number of aromatic nitrogens is 1. The van der Waals surface area contributed by atoms with Gasteiger partial charge in [-0.2, -0.15) is 0 Å². The van der Waals surface area contributed by atoms with E-state index in [4.69, 9.17) is 11.6 Å². The van der Waals surface area contributed by atoms with Crippen molar-refractivity contribution in [1.82, 2.24) is 9.71 Å². The Morgan fingerprint density at radius 2 is 2.40 bits per heavy atom. The molecular weight excluding hydrogens is 256 g/mol. The Bertz CT molecular complexity index is 439. The smallest absolute Gasteiger partial charge is 0.232 e. The lowest BCUT2D eigenvalue weighted by molar-refractivity contribution is 0.584. The Morgan fingerprint density at radius 1 is 1.67 bits per heavy atom. The van der Waals surface area contributed by atoms with Crippen molar-refractivity contribution >= 4 is 33.0 Å². The van der Waals surface area contributed by atoms with E-state index in [1.807, 2.05) is 19.1 Å². The number of halogens is 1. The molecule has 84 valence electrons. The number of allylic oxidation sites excluding steroid dienone is 1. The predicted octanol–water partition coefficient (Wildman–Crippen LogP) is 2.04. The van der Waals surface area contributed by atoms with E-state index >= 15 is 0 Å². The van der Waals surface area contributed by atoms with E-state index in [0.717, 1.165) is 11.3 Å². The maximum Gasteiger partial charge on any atom is 0.251 e. The molecule has 0 spiro atoms. The van der Waals surface area contributed by atoms with Gasteiger partial charge in [-0.3, -0.25) is 0 Å². The molecule has 1 aromatic heterocycles. The standard InChI is InChI=1S/C8H11ClN2O2S2/c1-2-3-4-5-11-15(12,13)7-6-10-8(9)14-7/h2-3,6,11H,4-5H2,1H3/b3-2+. The van der Waals surface area contributed by atoms with Gasteiger partial charge in [-0.15, -0.1) is 0 Å². The third-order valence-corrected chi connectivity index (χ3v) is 4.60. The van der Waals surface area contributed by atoms with E-state index in [-0.39, 0.29) is 8.68 Å². The topological polar surface area (TPSA) is 59.1 Å². The number of hydrogen-bond acceptors (Lipinski definition) is 4. The molecule has 0 bridgehead atoms. The molecule has 1 rings (SSSR count).